The van der Waals surface area contributed by atoms with Crippen LogP contribution in [-0.2, 0) is 47.7 Å². The van der Waals surface area contributed by atoms with Gasteiger partial charge in [0.25, 0.3) is 0 Å². The molecule has 110 heavy (non-hydrogen) atoms. The van der Waals surface area contributed by atoms with E-state index in [1.807, 2.05) is 75.6 Å². The van der Waals surface area contributed by atoms with Crippen molar-refractivity contribution in [2.24, 2.45) is 56.2 Å². The third-order valence-corrected chi connectivity index (χ3v) is 28.1. The molecule has 12 aliphatic heterocycles. The minimum Gasteiger partial charge on any atom is -0.381 e. The maximum atomic E-state index is 12.6. The average Bonchev–Trinajstić information content (AvgIpc) is 1.70. The average molecular weight is 1590 g/mol. The lowest BCUT2D eigenvalue weighted by molar-refractivity contribution is -0.137. The van der Waals surface area contributed by atoms with E-state index in [9.17, 15) is 28.8 Å². The molecule has 0 spiro atoms. The van der Waals surface area contributed by atoms with Gasteiger partial charge in [-0.25, -0.2) is 0 Å². The number of hydrogen-bond acceptors (Lipinski definition) is 18. The van der Waals surface area contributed by atoms with Crippen LogP contribution in [0.2, 0.25) is 0 Å². The number of carbonyl (C=O) groups excluding carboxylic acids is 6. The highest BCUT2D eigenvalue weighted by atomic mass is 32.2. The summed E-state index contributed by atoms with van der Waals surface area (Å²) < 4.78 is 22.1. The lowest BCUT2D eigenvalue weighted by Crippen LogP contribution is -2.49. The van der Waals surface area contributed by atoms with Crippen LogP contribution in [0, 0.1) is 56.2 Å². The number of carbonyl (C=O) groups is 6. The van der Waals surface area contributed by atoms with Crippen LogP contribution in [0.5, 0.6) is 0 Å². The Morgan fingerprint density at radius 2 is 0.664 bits per heavy atom. The van der Waals surface area contributed by atoms with Gasteiger partial charge in [0, 0.05) is 115 Å². The highest BCUT2D eigenvalue weighted by molar-refractivity contribution is 8.00. The van der Waals surface area contributed by atoms with Crippen LogP contribution in [-0.4, -0.2) is 297 Å². The van der Waals surface area contributed by atoms with Crippen molar-refractivity contribution in [2.45, 2.75) is 272 Å². The highest BCUT2D eigenvalue weighted by Crippen LogP contribution is 2.37. The Hall–Kier alpha value is -2.88. The van der Waals surface area contributed by atoms with Crippen LogP contribution in [0.4, 0.5) is 0 Å². The van der Waals surface area contributed by atoms with Crippen molar-refractivity contribution in [1.29, 1.82) is 0 Å². The maximum Gasteiger partial charge on any atom is 0.239 e. The standard InChI is InChI=1S/C16H30N2O2.C15H28N2O2.C14H26N2O2.2C14H26N2OS.C13H24N2O2/c1-16(2)9-8-14(17-3)15(19)18(12-16)11-13-7-5-4-6-10-20-13;1-15(2)7-6-13(16-3)14(18)17(11-15)9-12-5-4-8-19-10-12;2*1-14(2)6-4-12(15-3)13(17)16(10-14)8-11-5-7-18-9-11;1-14(2)7-6-12(15-3)13(17)16(10-14)9-11-5-4-8-18-11;1-13(2)5-4-11(14-3)12(16)15(9-13)6-10-7-17-8-10/h13-14,17H,4-12H2,1-3H3;12-13,16H,4-11H2,1-3H3;3*11-12,15H,4-10H2,1-3H3;10-11,14H,4-9H2,1-3H3. The summed E-state index contributed by atoms with van der Waals surface area (Å²) in [6.45, 7) is 43.7. The van der Waals surface area contributed by atoms with E-state index < -0.39 is 0 Å². The molecule has 6 N–H and O–H groups in total. The van der Waals surface area contributed by atoms with Gasteiger partial charge in [-0.3, -0.25) is 28.8 Å². The van der Waals surface area contributed by atoms with Gasteiger partial charge in [-0.05, 0) is 232 Å². The molecule has 12 heterocycles. The van der Waals surface area contributed by atoms with Crippen molar-refractivity contribution in [3.05, 3.63) is 0 Å². The van der Waals surface area contributed by atoms with Gasteiger partial charge in [0.15, 0.2) is 0 Å². The van der Waals surface area contributed by atoms with E-state index in [2.05, 4.69) is 135 Å². The molecule has 6 amide bonds. The largest absolute Gasteiger partial charge is 0.381 e. The number of amides is 6. The molecule has 24 heteroatoms. The van der Waals surface area contributed by atoms with Crippen molar-refractivity contribution in [3.63, 3.8) is 0 Å². The number of likely N-dealkylation sites (tertiary alicyclic amines) is 6. The fourth-order valence-electron chi connectivity index (χ4n) is 18.3. The Morgan fingerprint density at radius 3 is 0.982 bits per heavy atom. The van der Waals surface area contributed by atoms with Crippen LogP contribution >= 0.6 is 23.5 Å². The predicted molar refractivity (Wildman–Crippen MR) is 451 cm³/mol. The lowest BCUT2D eigenvalue weighted by atomic mass is 9.87. The number of likely N-dealkylation sites (N-methyl/N-ethyl adjacent to an activating group) is 6. The first kappa shape index (κ1) is 94.3. The molecular formula is C86H160N12O10S2. The molecule has 0 aromatic carbocycles. The zero-order valence-corrected chi connectivity index (χ0v) is 74.3. The fraction of sp³-hybridized carbons (Fsp3) is 0.930. The van der Waals surface area contributed by atoms with E-state index in [0.29, 0.717) is 40.7 Å². The fourth-order valence-corrected chi connectivity index (χ4v) is 20.9. The van der Waals surface area contributed by atoms with Gasteiger partial charge in [-0.15, -0.1) is 0 Å². The first-order valence-electron chi connectivity index (χ1n) is 43.4. The van der Waals surface area contributed by atoms with Gasteiger partial charge in [-0.1, -0.05) is 95.9 Å². The molecule has 12 saturated heterocycles. The summed E-state index contributed by atoms with van der Waals surface area (Å²) in [7, 11) is 11.4. The minimum absolute atomic E-state index is 0.00206. The van der Waals surface area contributed by atoms with E-state index in [1.165, 1.54) is 55.8 Å². The Bertz CT molecular complexity index is 2620. The molecule has 0 aromatic rings. The zero-order chi connectivity index (χ0) is 80.5. The van der Waals surface area contributed by atoms with E-state index in [0.717, 1.165) is 228 Å². The third-order valence-electron chi connectivity index (χ3n) is 25.4. The summed E-state index contributed by atoms with van der Waals surface area (Å²) in [4.78, 5) is 87.5. The third kappa shape index (κ3) is 31.2. The van der Waals surface area contributed by atoms with Crippen molar-refractivity contribution in [1.82, 2.24) is 61.3 Å². The smallest absolute Gasteiger partial charge is 0.239 e. The number of nitrogens with zero attached hydrogens (tertiary/aromatic N) is 6. The van der Waals surface area contributed by atoms with Crippen molar-refractivity contribution >= 4 is 59.0 Å². The normalized spacial score (nSPS) is 32.0. The van der Waals surface area contributed by atoms with E-state index in [4.69, 9.17) is 18.9 Å². The SMILES string of the molecule is CNC1CCC(C)(C)CN(CC2CCCCCO2)C1=O.CNC1CCC(C)(C)CN(CC2CCCOC2)C1=O.CNC1CCC(C)(C)CN(CC2CCCS2)C1=O.CNC1CCC(C)(C)CN(CC2CCOC2)C1=O.CNC1CCC(C)(C)CN(CC2CCSC2)C1=O.CNC1CCC(C)(C)CN(CC2COC2)C1=O. The Balaban J connectivity index is 0.000000184. The molecule has 0 aromatic heterocycles. The Kier molecular flexibility index (Phi) is 38.7. The lowest BCUT2D eigenvalue weighted by Gasteiger charge is -2.35. The van der Waals surface area contributed by atoms with Gasteiger partial charge in [0.1, 0.15) is 0 Å². The zero-order valence-electron chi connectivity index (χ0n) is 72.6. The summed E-state index contributed by atoms with van der Waals surface area (Å²) >= 11 is 4.07. The van der Waals surface area contributed by atoms with Crippen LogP contribution in [0.1, 0.15) is 224 Å². The van der Waals surface area contributed by atoms with E-state index in [-0.39, 0.29) is 98.5 Å². The summed E-state index contributed by atoms with van der Waals surface area (Å²) in [5, 5.41) is 19.7. The number of ether oxygens (including phenoxy) is 4. The maximum absolute atomic E-state index is 12.6. The van der Waals surface area contributed by atoms with E-state index >= 15 is 0 Å². The number of thioether (sulfide) groups is 2. The summed E-state index contributed by atoms with van der Waals surface area (Å²) in [5.74, 6) is 7.78. The Morgan fingerprint density at radius 1 is 0.318 bits per heavy atom. The van der Waals surface area contributed by atoms with Crippen LogP contribution < -0.4 is 31.9 Å². The molecule has 0 saturated carbocycles. The van der Waals surface area contributed by atoms with Crippen LogP contribution in [0.3, 0.4) is 0 Å². The summed E-state index contributed by atoms with van der Waals surface area (Å²) in [5.41, 5.74) is 1.38. The number of hydrogen-bond donors (Lipinski definition) is 6. The summed E-state index contributed by atoms with van der Waals surface area (Å²) in [6, 6.07) is 0.0136. The molecular weight excluding hydrogens is 1430 g/mol. The second-order valence-electron chi connectivity index (χ2n) is 39.5. The molecule has 12 fully saturated rings. The molecule has 12 rings (SSSR count). The number of rotatable bonds is 18. The number of nitrogens with one attached hydrogen (secondary N) is 6. The minimum atomic E-state index is -0.0254. The van der Waals surface area contributed by atoms with Gasteiger partial charge in [0.05, 0.1) is 68.8 Å². The van der Waals surface area contributed by atoms with Crippen LogP contribution in [0.15, 0.2) is 0 Å². The van der Waals surface area contributed by atoms with E-state index in [1.54, 1.807) is 0 Å². The van der Waals surface area contributed by atoms with Crippen LogP contribution in [0.25, 0.3) is 0 Å². The topological polar surface area (TPSA) is 231 Å². The second kappa shape index (κ2) is 45.2. The molecule has 0 aliphatic carbocycles. The molecule has 0 radical (unpaired) electrons. The molecule has 11 unspecified atom stereocenters. The monoisotopic (exact) mass is 1590 g/mol. The van der Waals surface area contributed by atoms with Gasteiger partial charge < -0.3 is 80.2 Å². The van der Waals surface area contributed by atoms with Gasteiger partial charge in [-0.2, -0.15) is 23.5 Å². The first-order chi connectivity index (χ1) is 52.1. The predicted octanol–water partition coefficient (Wildman–Crippen LogP) is 10.1. The van der Waals surface area contributed by atoms with Gasteiger partial charge in [0.2, 0.25) is 35.4 Å². The van der Waals surface area contributed by atoms with Crippen molar-refractivity contribution in [3.8, 4) is 0 Å². The molecule has 0 bridgehead atoms. The molecule has 22 nitrogen and oxygen atoms in total. The highest BCUT2D eigenvalue weighted by Gasteiger charge is 2.42. The summed E-state index contributed by atoms with van der Waals surface area (Å²) in [6.07, 6.45) is 24.6. The van der Waals surface area contributed by atoms with Crippen molar-refractivity contribution < 1.29 is 47.7 Å². The molecule has 636 valence electrons. The second-order valence-corrected chi connectivity index (χ2v) is 42.1. The quantitative estimate of drug-likeness (QED) is 0.0749. The molecule has 12 aliphatic rings. The molecule has 11 atom stereocenters. The van der Waals surface area contributed by atoms with Gasteiger partial charge >= 0.3 is 0 Å². The van der Waals surface area contributed by atoms with Crippen molar-refractivity contribution in [2.75, 3.05) is 184 Å². The first-order valence-corrected chi connectivity index (χ1v) is 45.6. The Labute approximate surface area is 676 Å².